The molecule has 1 aromatic heterocycles. The van der Waals surface area contributed by atoms with Crippen molar-refractivity contribution in [1.29, 1.82) is 0 Å². The highest BCUT2D eigenvalue weighted by Gasteiger charge is 2.24. The van der Waals surface area contributed by atoms with Gasteiger partial charge in [-0.05, 0) is 49.7 Å². The molecule has 1 N–H and O–H groups in total. The van der Waals surface area contributed by atoms with E-state index < -0.39 is 17.3 Å². The van der Waals surface area contributed by atoms with Crippen LogP contribution in [0.3, 0.4) is 0 Å². The van der Waals surface area contributed by atoms with Crippen molar-refractivity contribution in [1.82, 2.24) is 14.5 Å². The maximum atomic E-state index is 13.5. The summed E-state index contributed by atoms with van der Waals surface area (Å²) < 4.78 is 12.9. The number of rotatable bonds is 9. The number of amides is 1. The molecule has 0 unspecified atom stereocenters. The number of carbonyl (C=O) groups excluding carboxylic acids is 1. The SMILES string of the molecule is CCOc1ccc(-n2c(=O)c3ccccc3n([C@@H](CC)C(=O)NCCOC)c2=O)cc1. The molecule has 0 saturated carbocycles. The van der Waals surface area contributed by atoms with E-state index in [2.05, 4.69) is 5.32 Å². The third kappa shape index (κ3) is 4.54. The van der Waals surface area contributed by atoms with Crippen molar-refractivity contribution in [2.45, 2.75) is 26.3 Å². The molecule has 164 valence electrons. The summed E-state index contributed by atoms with van der Waals surface area (Å²) in [6.07, 6.45) is 0.379. The summed E-state index contributed by atoms with van der Waals surface area (Å²) in [5.41, 5.74) is -0.168. The lowest BCUT2D eigenvalue weighted by atomic mass is 10.1. The van der Waals surface area contributed by atoms with E-state index in [-0.39, 0.29) is 5.91 Å². The zero-order valence-corrected chi connectivity index (χ0v) is 18.0. The van der Waals surface area contributed by atoms with Crippen LogP contribution < -0.4 is 21.3 Å². The van der Waals surface area contributed by atoms with Crippen LogP contribution in [0.4, 0.5) is 0 Å². The Hall–Kier alpha value is -3.39. The second-order valence-electron chi connectivity index (χ2n) is 6.95. The van der Waals surface area contributed by atoms with Gasteiger partial charge in [0.2, 0.25) is 5.91 Å². The fourth-order valence-corrected chi connectivity index (χ4v) is 3.55. The molecule has 1 atom stereocenters. The normalized spacial score (nSPS) is 12.0. The number of nitrogens with one attached hydrogen (secondary N) is 1. The van der Waals surface area contributed by atoms with Gasteiger partial charge in [0.05, 0.1) is 29.8 Å². The van der Waals surface area contributed by atoms with Gasteiger partial charge in [-0.3, -0.25) is 14.2 Å². The van der Waals surface area contributed by atoms with E-state index in [1.165, 1.54) is 4.57 Å². The Bertz CT molecular complexity index is 1160. The Morgan fingerprint density at radius 3 is 2.42 bits per heavy atom. The van der Waals surface area contributed by atoms with E-state index in [9.17, 15) is 14.4 Å². The number of nitrogens with zero attached hydrogens (tertiary/aromatic N) is 2. The van der Waals surface area contributed by atoms with Crippen LogP contribution in [0.2, 0.25) is 0 Å². The minimum Gasteiger partial charge on any atom is -0.494 e. The predicted molar refractivity (Wildman–Crippen MR) is 119 cm³/mol. The highest BCUT2D eigenvalue weighted by molar-refractivity contribution is 5.84. The van der Waals surface area contributed by atoms with Crippen molar-refractivity contribution in [3.05, 3.63) is 69.4 Å². The molecule has 0 aliphatic carbocycles. The van der Waals surface area contributed by atoms with Crippen molar-refractivity contribution < 1.29 is 14.3 Å². The Kier molecular flexibility index (Phi) is 7.25. The summed E-state index contributed by atoms with van der Waals surface area (Å²) >= 11 is 0. The van der Waals surface area contributed by atoms with Crippen LogP contribution in [0.5, 0.6) is 5.75 Å². The number of carbonyl (C=O) groups is 1. The van der Waals surface area contributed by atoms with Gasteiger partial charge in [-0.2, -0.15) is 0 Å². The molecule has 0 aliphatic heterocycles. The predicted octanol–water partition coefficient (Wildman–Crippen LogP) is 2.26. The topological polar surface area (TPSA) is 91.6 Å². The van der Waals surface area contributed by atoms with Gasteiger partial charge in [-0.25, -0.2) is 9.36 Å². The first-order chi connectivity index (χ1) is 15.0. The Morgan fingerprint density at radius 2 is 1.77 bits per heavy atom. The molecule has 3 rings (SSSR count). The molecular formula is C23H27N3O5. The van der Waals surface area contributed by atoms with Gasteiger partial charge >= 0.3 is 5.69 Å². The number of fused-ring (bicyclic) bond motifs is 1. The van der Waals surface area contributed by atoms with Gasteiger partial charge in [0, 0.05) is 13.7 Å². The van der Waals surface area contributed by atoms with E-state index >= 15 is 0 Å². The molecule has 0 radical (unpaired) electrons. The summed E-state index contributed by atoms with van der Waals surface area (Å²) in [5, 5.41) is 3.15. The molecule has 0 bridgehead atoms. The number of hydrogen-bond donors (Lipinski definition) is 1. The van der Waals surface area contributed by atoms with Gasteiger partial charge in [0.1, 0.15) is 11.8 Å². The summed E-state index contributed by atoms with van der Waals surface area (Å²) in [6.45, 7) is 4.91. The first-order valence-corrected chi connectivity index (χ1v) is 10.3. The highest BCUT2D eigenvalue weighted by Crippen LogP contribution is 2.19. The third-order valence-electron chi connectivity index (χ3n) is 5.01. The van der Waals surface area contributed by atoms with Gasteiger partial charge in [-0.1, -0.05) is 19.1 Å². The summed E-state index contributed by atoms with van der Waals surface area (Å²) in [4.78, 5) is 39.6. The molecular weight excluding hydrogens is 398 g/mol. The lowest BCUT2D eigenvalue weighted by molar-refractivity contribution is -0.124. The van der Waals surface area contributed by atoms with Crippen molar-refractivity contribution in [3.63, 3.8) is 0 Å². The summed E-state index contributed by atoms with van der Waals surface area (Å²) in [6, 6.07) is 12.8. The van der Waals surface area contributed by atoms with Crippen LogP contribution in [0, 0.1) is 0 Å². The van der Waals surface area contributed by atoms with Crippen LogP contribution in [0.15, 0.2) is 58.1 Å². The molecule has 1 amide bonds. The molecule has 3 aromatic rings. The van der Waals surface area contributed by atoms with E-state index in [1.54, 1.807) is 55.6 Å². The minimum absolute atomic E-state index is 0.302. The molecule has 0 spiro atoms. The van der Waals surface area contributed by atoms with Crippen LogP contribution in [-0.4, -0.2) is 41.9 Å². The van der Waals surface area contributed by atoms with Crippen LogP contribution in [-0.2, 0) is 9.53 Å². The van der Waals surface area contributed by atoms with E-state index in [4.69, 9.17) is 9.47 Å². The number of methoxy groups -OCH3 is 1. The van der Waals surface area contributed by atoms with Crippen molar-refractivity contribution in [2.24, 2.45) is 0 Å². The van der Waals surface area contributed by atoms with E-state index in [0.29, 0.717) is 48.5 Å². The van der Waals surface area contributed by atoms with E-state index in [0.717, 1.165) is 4.57 Å². The van der Waals surface area contributed by atoms with Crippen LogP contribution >= 0.6 is 0 Å². The monoisotopic (exact) mass is 425 g/mol. The minimum atomic E-state index is -0.774. The molecule has 0 aliphatic rings. The second-order valence-corrected chi connectivity index (χ2v) is 6.95. The Labute approximate surface area is 180 Å². The van der Waals surface area contributed by atoms with Gasteiger partial charge in [0.15, 0.2) is 0 Å². The Morgan fingerprint density at radius 1 is 1.06 bits per heavy atom. The first kappa shape index (κ1) is 22.3. The highest BCUT2D eigenvalue weighted by atomic mass is 16.5. The van der Waals surface area contributed by atoms with Gasteiger partial charge in [0.25, 0.3) is 5.56 Å². The maximum absolute atomic E-state index is 13.5. The smallest absolute Gasteiger partial charge is 0.336 e. The van der Waals surface area contributed by atoms with Crippen LogP contribution in [0.25, 0.3) is 16.6 Å². The fourth-order valence-electron chi connectivity index (χ4n) is 3.55. The fraction of sp³-hybridized carbons (Fsp3) is 0.348. The maximum Gasteiger partial charge on any atom is 0.336 e. The van der Waals surface area contributed by atoms with Gasteiger partial charge in [-0.15, -0.1) is 0 Å². The second kappa shape index (κ2) is 10.1. The molecule has 31 heavy (non-hydrogen) atoms. The van der Waals surface area contributed by atoms with Crippen molar-refractivity contribution >= 4 is 16.8 Å². The van der Waals surface area contributed by atoms with Crippen LogP contribution in [0.1, 0.15) is 26.3 Å². The molecule has 0 saturated heterocycles. The number of aromatic nitrogens is 2. The lowest BCUT2D eigenvalue weighted by Crippen LogP contribution is -2.44. The van der Waals surface area contributed by atoms with Crippen molar-refractivity contribution in [2.75, 3.05) is 26.9 Å². The average molecular weight is 425 g/mol. The summed E-state index contributed by atoms with van der Waals surface area (Å²) in [5.74, 6) is 0.341. The van der Waals surface area contributed by atoms with Crippen molar-refractivity contribution in [3.8, 4) is 11.4 Å². The van der Waals surface area contributed by atoms with Gasteiger partial charge < -0.3 is 14.8 Å². The number of hydrogen-bond acceptors (Lipinski definition) is 5. The standard InChI is InChI=1S/C23H27N3O5/c1-4-19(21(27)24-14-15-30-3)26-20-9-7-6-8-18(20)22(28)25(23(26)29)16-10-12-17(13-11-16)31-5-2/h6-13,19H,4-5,14-15H2,1-3H3,(H,24,27)/t19-/m0/s1. The molecule has 1 heterocycles. The molecule has 8 heteroatoms. The molecule has 2 aromatic carbocycles. The molecule has 8 nitrogen and oxygen atoms in total. The average Bonchev–Trinajstić information content (AvgIpc) is 2.78. The number of para-hydroxylation sites is 1. The van der Waals surface area contributed by atoms with E-state index in [1.807, 2.05) is 13.8 Å². The zero-order valence-electron chi connectivity index (χ0n) is 18.0. The summed E-state index contributed by atoms with van der Waals surface area (Å²) in [7, 11) is 1.55. The Balaban J connectivity index is 2.20. The quantitative estimate of drug-likeness (QED) is 0.531. The number of benzene rings is 2. The largest absolute Gasteiger partial charge is 0.494 e. The first-order valence-electron chi connectivity index (χ1n) is 10.3. The third-order valence-corrected chi connectivity index (χ3v) is 5.01. The lowest BCUT2D eigenvalue weighted by Gasteiger charge is -2.21. The zero-order chi connectivity index (χ0) is 22.4. The number of ether oxygens (including phenoxy) is 2. The molecule has 0 fully saturated rings.